The van der Waals surface area contributed by atoms with Gasteiger partial charge in [0, 0.05) is 10.0 Å². The van der Waals surface area contributed by atoms with Gasteiger partial charge in [-0.05, 0) is 19.1 Å². The van der Waals surface area contributed by atoms with Gasteiger partial charge in [-0.25, -0.2) is 18.0 Å². The van der Waals surface area contributed by atoms with Crippen LogP contribution in [0.2, 0.25) is 0 Å². The van der Waals surface area contributed by atoms with Crippen LogP contribution >= 0.6 is 15.9 Å². The number of halogens is 4. The lowest BCUT2D eigenvalue weighted by Crippen LogP contribution is -2.32. The highest BCUT2D eigenvalue weighted by molar-refractivity contribution is 9.10. The molecule has 2 atom stereocenters. The van der Waals surface area contributed by atoms with E-state index in [1.165, 1.54) is 6.92 Å². The summed E-state index contributed by atoms with van der Waals surface area (Å²) in [6.45, 7) is 1.44. The Bertz CT molecular complexity index is 433. The first-order valence-corrected chi connectivity index (χ1v) is 5.88. The zero-order chi connectivity index (χ0) is 13.9. The molecule has 0 amide bonds. The van der Waals surface area contributed by atoms with E-state index in [4.69, 9.17) is 5.73 Å². The molecule has 0 fully saturated rings. The molecule has 0 saturated heterocycles. The molecule has 0 aliphatic rings. The average Bonchev–Trinajstić information content (AvgIpc) is 2.26. The topological polar surface area (TPSA) is 52.3 Å². The van der Waals surface area contributed by atoms with Gasteiger partial charge in [0.2, 0.25) is 6.17 Å². The summed E-state index contributed by atoms with van der Waals surface area (Å²) in [5, 5.41) is 0. The van der Waals surface area contributed by atoms with E-state index in [1.54, 1.807) is 0 Å². The maximum Gasteiger partial charge on any atom is 0.342 e. The Labute approximate surface area is 110 Å². The molecule has 7 heteroatoms. The third-order valence-electron chi connectivity index (χ3n) is 2.20. The van der Waals surface area contributed by atoms with Gasteiger partial charge in [-0.3, -0.25) is 0 Å². The Balaban J connectivity index is 3.03. The number of alkyl halides is 1. The minimum Gasteiger partial charge on any atom is -0.464 e. The molecule has 0 radical (unpaired) electrons. The molecular formula is C11H11BrF3NO2. The van der Waals surface area contributed by atoms with Crippen LogP contribution in [-0.2, 0) is 9.53 Å². The molecule has 1 aromatic rings. The quantitative estimate of drug-likeness (QED) is 0.866. The predicted molar refractivity (Wildman–Crippen MR) is 62.5 cm³/mol. The van der Waals surface area contributed by atoms with E-state index in [9.17, 15) is 18.0 Å². The van der Waals surface area contributed by atoms with E-state index in [1.807, 2.05) is 0 Å². The highest BCUT2D eigenvalue weighted by Crippen LogP contribution is 2.27. The van der Waals surface area contributed by atoms with Gasteiger partial charge in [0.05, 0.1) is 12.6 Å². The molecule has 0 spiro atoms. The van der Waals surface area contributed by atoms with Crippen molar-refractivity contribution in [2.24, 2.45) is 5.73 Å². The van der Waals surface area contributed by atoms with Crippen LogP contribution in [0.3, 0.4) is 0 Å². The number of esters is 1. The van der Waals surface area contributed by atoms with Crippen LogP contribution in [0.25, 0.3) is 0 Å². The smallest absolute Gasteiger partial charge is 0.342 e. The Morgan fingerprint density at radius 2 is 1.94 bits per heavy atom. The van der Waals surface area contributed by atoms with Crippen molar-refractivity contribution in [3.8, 4) is 0 Å². The molecule has 0 aliphatic heterocycles. The fourth-order valence-corrected chi connectivity index (χ4v) is 1.79. The summed E-state index contributed by atoms with van der Waals surface area (Å²) < 4.78 is 45.1. The van der Waals surface area contributed by atoms with Crippen LogP contribution in [0, 0.1) is 11.6 Å². The van der Waals surface area contributed by atoms with Crippen LogP contribution in [0.15, 0.2) is 16.6 Å². The predicted octanol–water partition coefficient (Wildman–Crippen LogP) is 2.63. The zero-order valence-corrected chi connectivity index (χ0v) is 11.0. The lowest BCUT2D eigenvalue weighted by molar-refractivity contribution is -0.150. The van der Waals surface area contributed by atoms with Crippen molar-refractivity contribution in [2.75, 3.05) is 6.61 Å². The van der Waals surface area contributed by atoms with Gasteiger partial charge in [0.25, 0.3) is 0 Å². The minimum absolute atomic E-state index is 0.0444. The van der Waals surface area contributed by atoms with E-state index < -0.39 is 35.4 Å². The second kappa shape index (κ2) is 6.19. The maximum absolute atomic E-state index is 13.6. The largest absolute Gasteiger partial charge is 0.464 e. The van der Waals surface area contributed by atoms with Crippen LogP contribution in [0.4, 0.5) is 13.2 Å². The highest BCUT2D eigenvalue weighted by atomic mass is 79.9. The Morgan fingerprint density at radius 3 is 2.39 bits per heavy atom. The van der Waals surface area contributed by atoms with Gasteiger partial charge < -0.3 is 10.5 Å². The van der Waals surface area contributed by atoms with Crippen LogP contribution in [0.5, 0.6) is 0 Å². The summed E-state index contributed by atoms with van der Waals surface area (Å²) in [4.78, 5) is 11.1. The van der Waals surface area contributed by atoms with Crippen LogP contribution < -0.4 is 5.73 Å². The van der Waals surface area contributed by atoms with Crippen LogP contribution in [-0.4, -0.2) is 18.7 Å². The van der Waals surface area contributed by atoms with E-state index in [2.05, 4.69) is 20.7 Å². The molecule has 3 nitrogen and oxygen atoms in total. The lowest BCUT2D eigenvalue weighted by Gasteiger charge is -2.17. The fraction of sp³-hybridized carbons (Fsp3) is 0.364. The third-order valence-corrected chi connectivity index (χ3v) is 2.66. The summed E-state index contributed by atoms with van der Waals surface area (Å²) in [5.41, 5.74) is 4.67. The molecule has 1 aromatic carbocycles. The summed E-state index contributed by atoms with van der Waals surface area (Å²) in [7, 11) is 0. The van der Waals surface area contributed by atoms with Gasteiger partial charge in [-0.2, -0.15) is 0 Å². The first-order chi connectivity index (χ1) is 8.38. The molecule has 0 aromatic heterocycles. The Hall–Kier alpha value is -1.08. The monoisotopic (exact) mass is 325 g/mol. The Kier molecular flexibility index (Phi) is 5.15. The standard InChI is InChI=1S/C11H11BrF3NO2/c1-2-18-11(17)9(15)10(16)8-6(13)3-5(12)4-7(8)14/h3-4,9-10H,2,16H2,1H3/t9?,10-/m1/s1. The molecular weight excluding hydrogens is 315 g/mol. The first kappa shape index (κ1) is 15.0. The number of carbonyl (C=O) groups excluding carboxylic acids is 1. The van der Waals surface area contributed by atoms with Gasteiger partial charge in [-0.15, -0.1) is 0 Å². The second-order valence-corrected chi connectivity index (χ2v) is 4.38. The molecule has 1 unspecified atom stereocenters. The highest BCUT2D eigenvalue weighted by Gasteiger charge is 2.31. The molecule has 0 bridgehead atoms. The van der Waals surface area contributed by atoms with Crippen molar-refractivity contribution in [3.05, 3.63) is 33.8 Å². The number of nitrogens with two attached hydrogens (primary N) is 1. The lowest BCUT2D eigenvalue weighted by atomic mass is 10.0. The van der Waals surface area contributed by atoms with E-state index in [0.29, 0.717) is 0 Å². The molecule has 18 heavy (non-hydrogen) atoms. The number of benzene rings is 1. The van der Waals surface area contributed by atoms with Crippen molar-refractivity contribution in [3.63, 3.8) is 0 Å². The first-order valence-electron chi connectivity index (χ1n) is 5.09. The van der Waals surface area contributed by atoms with Crippen LogP contribution in [0.1, 0.15) is 18.5 Å². The summed E-state index contributed by atoms with van der Waals surface area (Å²) in [6.07, 6.45) is -2.32. The van der Waals surface area contributed by atoms with Crippen molar-refractivity contribution in [2.45, 2.75) is 19.1 Å². The third kappa shape index (κ3) is 3.23. The second-order valence-electron chi connectivity index (χ2n) is 3.46. The average molecular weight is 326 g/mol. The molecule has 1 rings (SSSR count). The molecule has 0 heterocycles. The van der Waals surface area contributed by atoms with Gasteiger partial charge in [0.1, 0.15) is 11.6 Å². The summed E-state index contributed by atoms with van der Waals surface area (Å²) in [6, 6.07) is 0.129. The molecule has 100 valence electrons. The molecule has 0 saturated carbocycles. The van der Waals surface area contributed by atoms with E-state index in [-0.39, 0.29) is 11.1 Å². The number of rotatable bonds is 4. The van der Waals surface area contributed by atoms with Crippen molar-refractivity contribution in [1.29, 1.82) is 0 Å². The maximum atomic E-state index is 13.6. The normalized spacial score (nSPS) is 14.1. The van der Waals surface area contributed by atoms with Gasteiger partial charge in [0.15, 0.2) is 0 Å². The fourth-order valence-electron chi connectivity index (χ4n) is 1.39. The van der Waals surface area contributed by atoms with Crippen molar-refractivity contribution >= 4 is 21.9 Å². The number of hydrogen-bond donors (Lipinski definition) is 1. The summed E-state index contributed by atoms with van der Waals surface area (Å²) >= 11 is 2.88. The number of hydrogen-bond acceptors (Lipinski definition) is 3. The number of carbonyl (C=O) groups is 1. The van der Waals surface area contributed by atoms with E-state index >= 15 is 0 Å². The molecule has 0 aliphatic carbocycles. The van der Waals surface area contributed by atoms with Gasteiger partial charge >= 0.3 is 5.97 Å². The zero-order valence-electron chi connectivity index (χ0n) is 9.42. The SMILES string of the molecule is CCOC(=O)C(F)[C@H](N)c1c(F)cc(Br)cc1F. The summed E-state index contributed by atoms with van der Waals surface area (Å²) in [5.74, 6) is -3.30. The van der Waals surface area contributed by atoms with Crippen molar-refractivity contribution < 1.29 is 22.7 Å². The van der Waals surface area contributed by atoms with Crippen molar-refractivity contribution in [1.82, 2.24) is 0 Å². The van der Waals surface area contributed by atoms with E-state index in [0.717, 1.165) is 12.1 Å². The molecule has 2 N–H and O–H groups in total. The minimum atomic E-state index is -2.32. The number of ether oxygens (including phenoxy) is 1. The van der Waals surface area contributed by atoms with Gasteiger partial charge in [-0.1, -0.05) is 15.9 Å². The Morgan fingerprint density at radius 1 is 1.44 bits per heavy atom.